The standard InChI is InChI=1S/C16H24N4/c1-16(2,3)13-7-5-12(6-8-13)9-14(19-17)15-10-20(4)11-18-15/h5-8,10-11,14,19H,9,17H2,1-4H3. The van der Waals surface area contributed by atoms with Gasteiger partial charge in [0.25, 0.3) is 0 Å². The van der Waals surface area contributed by atoms with Crippen molar-refractivity contribution in [2.75, 3.05) is 0 Å². The first-order valence-electron chi connectivity index (χ1n) is 6.93. The van der Waals surface area contributed by atoms with Crippen molar-refractivity contribution < 1.29 is 0 Å². The van der Waals surface area contributed by atoms with Crippen LogP contribution in [0.4, 0.5) is 0 Å². The van der Waals surface area contributed by atoms with E-state index in [4.69, 9.17) is 5.84 Å². The maximum absolute atomic E-state index is 5.66. The van der Waals surface area contributed by atoms with E-state index < -0.39 is 0 Å². The predicted molar refractivity (Wildman–Crippen MR) is 82.1 cm³/mol. The Morgan fingerprint density at radius 2 is 1.90 bits per heavy atom. The highest BCUT2D eigenvalue weighted by molar-refractivity contribution is 5.28. The van der Waals surface area contributed by atoms with Gasteiger partial charge in [-0.15, -0.1) is 0 Å². The van der Waals surface area contributed by atoms with Crippen molar-refractivity contribution in [3.8, 4) is 0 Å². The summed E-state index contributed by atoms with van der Waals surface area (Å²) >= 11 is 0. The number of nitrogens with one attached hydrogen (secondary N) is 1. The first kappa shape index (κ1) is 14.8. The van der Waals surface area contributed by atoms with Crippen LogP contribution in [0.5, 0.6) is 0 Å². The fourth-order valence-corrected chi connectivity index (χ4v) is 2.24. The van der Waals surface area contributed by atoms with E-state index >= 15 is 0 Å². The minimum absolute atomic E-state index is 0.0386. The van der Waals surface area contributed by atoms with E-state index in [2.05, 4.69) is 55.4 Å². The van der Waals surface area contributed by atoms with Crippen molar-refractivity contribution in [3.63, 3.8) is 0 Å². The Morgan fingerprint density at radius 1 is 1.25 bits per heavy atom. The monoisotopic (exact) mass is 272 g/mol. The van der Waals surface area contributed by atoms with Crippen LogP contribution in [0, 0.1) is 0 Å². The summed E-state index contributed by atoms with van der Waals surface area (Å²) in [5.41, 5.74) is 6.60. The van der Waals surface area contributed by atoms with Gasteiger partial charge in [0.2, 0.25) is 0 Å². The highest BCUT2D eigenvalue weighted by Crippen LogP contribution is 2.23. The molecule has 0 radical (unpaired) electrons. The number of benzene rings is 1. The summed E-state index contributed by atoms with van der Waals surface area (Å²) < 4.78 is 1.93. The van der Waals surface area contributed by atoms with Crippen LogP contribution in [0.2, 0.25) is 0 Å². The van der Waals surface area contributed by atoms with Crippen molar-refractivity contribution in [1.29, 1.82) is 0 Å². The van der Waals surface area contributed by atoms with Crippen LogP contribution in [-0.4, -0.2) is 9.55 Å². The third kappa shape index (κ3) is 3.46. The van der Waals surface area contributed by atoms with Gasteiger partial charge in [0.15, 0.2) is 0 Å². The fraction of sp³-hybridized carbons (Fsp3) is 0.438. The van der Waals surface area contributed by atoms with E-state index in [0.29, 0.717) is 0 Å². The molecule has 4 heteroatoms. The number of aryl methyl sites for hydroxylation is 1. The third-order valence-electron chi connectivity index (χ3n) is 3.54. The molecule has 0 amide bonds. The van der Waals surface area contributed by atoms with Crippen molar-refractivity contribution in [1.82, 2.24) is 15.0 Å². The zero-order valence-corrected chi connectivity index (χ0v) is 12.7. The summed E-state index contributed by atoms with van der Waals surface area (Å²) in [5, 5.41) is 0. The molecule has 3 N–H and O–H groups in total. The molecule has 1 heterocycles. The average molecular weight is 272 g/mol. The quantitative estimate of drug-likeness (QED) is 0.664. The van der Waals surface area contributed by atoms with Gasteiger partial charge in [0, 0.05) is 13.2 Å². The van der Waals surface area contributed by atoms with Crippen molar-refractivity contribution >= 4 is 0 Å². The predicted octanol–water partition coefficient (Wildman–Crippen LogP) is 2.46. The Balaban J connectivity index is 2.12. The molecule has 108 valence electrons. The molecule has 0 spiro atoms. The zero-order chi connectivity index (χ0) is 14.8. The molecular formula is C16H24N4. The molecule has 1 aromatic carbocycles. The molecule has 0 saturated heterocycles. The molecule has 1 atom stereocenters. The molecule has 20 heavy (non-hydrogen) atoms. The van der Waals surface area contributed by atoms with Gasteiger partial charge in [0.05, 0.1) is 18.1 Å². The summed E-state index contributed by atoms with van der Waals surface area (Å²) in [6.07, 6.45) is 4.62. The summed E-state index contributed by atoms with van der Waals surface area (Å²) in [6, 6.07) is 8.78. The lowest BCUT2D eigenvalue weighted by Gasteiger charge is -2.20. The number of rotatable bonds is 4. The van der Waals surface area contributed by atoms with Gasteiger partial charge in [-0.25, -0.2) is 4.98 Å². The molecule has 0 saturated carbocycles. The van der Waals surface area contributed by atoms with E-state index in [1.54, 1.807) is 6.33 Å². The van der Waals surface area contributed by atoms with E-state index in [1.165, 1.54) is 11.1 Å². The summed E-state index contributed by atoms with van der Waals surface area (Å²) in [6.45, 7) is 6.67. The third-order valence-corrected chi connectivity index (χ3v) is 3.54. The number of hydrogen-bond acceptors (Lipinski definition) is 3. The summed E-state index contributed by atoms with van der Waals surface area (Å²) in [5.74, 6) is 5.66. The van der Waals surface area contributed by atoms with Gasteiger partial charge in [0.1, 0.15) is 0 Å². The second-order valence-electron chi connectivity index (χ2n) is 6.33. The average Bonchev–Trinajstić information content (AvgIpc) is 2.82. The number of hydrogen-bond donors (Lipinski definition) is 2. The molecule has 0 fully saturated rings. The van der Waals surface area contributed by atoms with Gasteiger partial charge in [-0.05, 0) is 23.0 Å². The lowest BCUT2D eigenvalue weighted by molar-refractivity contribution is 0.539. The molecule has 0 bridgehead atoms. The molecule has 2 rings (SSSR count). The van der Waals surface area contributed by atoms with E-state index in [1.807, 2.05) is 17.8 Å². The number of aromatic nitrogens is 2. The smallest absolute Gasteiger partial charge is 0.0947 e. The van der Waals surface area contributed by atoms with Gasteiger partial charge in [-0.2, -0.15) is 0 Å². The Hall–Kier alpha value is -1.65. The minimum Gasteiger partial charge on any atom is -0.340 e. The maximum atomic E-state index is 5.66. The van der Waals surface area contributed by atoms with E-state index in [9.17, 15) is 0 Å². The van der Waals surface area contributed by atoms with Crippen molar-refractivity contribution in [2.45, 2.75) is 38.6 Å². The van der Waals surface area contributed by atoms with Crippen LogP contribution in [0.3, 0.4) is 0 Å². The molecule has 0 aliphatic rings. The lowest BCUT2D eigenvalue weighted by atomic mass is 9.86. The van der Waals surface area contributed by atoms with Crippen LogP contribution in [0.15, 0.2) is 36.8 Å². The topological polar surface area (TPSA) is 55.9 Å². The molecular weight excluding hydrogens is 248 g/mol. The first-order chi connectivity index (χ1) is 9.40. The van der Waals surface area contributed by atoms with E-state index in [0.717, 1.165) is 12.1 Å². The first-order valence-corrected chi connectivity index (χ1v) is 6.93. The molecule has 1 unspecified atom stereocenters. The van der Waals surface area contributed by atoms with Gasteiger partial charge in [-0.1, -0.05) is 45.0 Å². The molecule has 4 nitrogen and oxygen atoms in total. The van der Waals surface area contributed by atoms with Crippen LogP contribution in [-0.2, 0) is 18.9 Å². The SMILES string of the molecule is Cn1cnc(C(Cc2ccc(C(C)(C)C)cc2)NN)c1. The second-order valence-corrected chi connectivity index (χ2v) is 6.33. The number of nitrogens with zero attached hydrogens (tertiary/aromatic N) is 2. The molecule has 0 aliphatic heterocycles. The molecule has 2 aromatic rings. The fourth-order valence-electron chi connectivity index (χ4n) is 2.24. The van der Waals surface area contributed by atoms with Gasteiger partial charge >= 0.3 is 0 Å². The lowest BCUT2D eigenvalue weighted by Crippen LogP contribution is -2.29. The van der Waals surface area contributed by atoms with Gasteiger partial charge < -0.3 is 4.57 Å². The van der Waals surface area contributed by atoms with Crippen molar-refractivity contribution in [3.05, 3.63) is 53.6 Å². The minimum atomic E-state index is 0.0386. The van der Waals surface area contributed by atoms with Crippen LogP contribution in [0.25, 0.3) is 0 Å². The Kier molecular flexibility index (Phi) is 4.26. The van der Waals surface area contributed by atoms with Crippen LogP contribution in [0.1, 0.15) is 43.6 Å². The number of nitrogens with two attached hydrogens (primary N) is 1. The Labute approximate surface area is 121 Å². The van der Waals surface area contributed by atoms with E-state index in [-0.39, 0.29) is 11.5 Å². The van der Waals surface area contributed by atoms with Crippen molar-refractivity contribution in [2.24, 2.45) is 12.9 Å². The highest BCUT2D eigenvalue weighted by Gasteiger charge is 2.15. The largest absolute Gasteiger partial charge is 0.340 e. The maximum Gasteiger partial charge on any atom is 0.0947 e. The second kappa shape index (κ2) is 5.77. The van der Waals surface area contributed by atoms with Gasteiger partial charge in [-0.3, -0.25) is 11.3 Å². The molecule has 0 aliphatic carbocycles. The van der Waals surface area contributed by atoms with Crippen LogP contribution < -0.4 is 11.3 Å². The van der Waals surface area contributed by atoms with Crippen LogP contribution >= 0.6 is 0 Å². The Bertz CT molecular complexity index is 549. The normalized spacial score (nSPS) is 13.4. The zero-order valence-electron chi connectivity index (χ0n) is 12.7. The number of imidazole rings is 1. The summed E-state index contributed by atoms with van der Waals surface area (Å²) in [4.78, 5) is 4.36. The number of hydrazine groups is 1. The Morgan fingerprint density at radius 3 is 2.35 bits per heavy atom. The highest BCUT2D eigenvalue weighted by atomic mass is 15.2. The summed E-state index contributed by atoms with van der Waals surface area (Å²) in [7, 11) is 1.96. The molecule has 1 aromatic heterocycles.